The lowest BCUT2D eigenvalue weighted by Crippen LogP contribution is -2.31. The highest BCUT2D eigenvalue weighted by Gasteiger charge is 2.15. The molecule has 0 saturated carbocycles. The van der Waals surface area contributed by atoms with Crippen LogP contribution in [0.1, 0.15) is 25.5 Å². The number of rotatable bonds is 6. The molecule has 2 unspecified atom stereocenters. The molecule has 1 aliphatic heterocycles. The molecule has 16 heavy (non-hydrogen) atoms. The second kappa shape index (κ2) is 6.06. The molecule has 1 aromatic heterocycles. The summed E-state index contributed by atoms with van der Waals surface area (Å²) in [7, 11) is 0. The third kappa shape index (κ3) is 3.65. The van der Waals surface area contributed by atoms with Crippen molar-refractivity contribution in [2.45, 2.75) is 32.2 Å². The molecule has 2 rings (SSSR count). The zero-order valence-corrected chi connectivity index (χ0v) is 9.95. The van der Waals surface area contributed by atoms with Gasteiger partial charge in [0.1, 0.15) is 5.76 Å². The number of hydrogen-bond acceptors (Lipinski definition) is 3. The molecule has 2 heterocycles. The van der Waals surface area contributed by atoms with Crippen LogP contribution in [0.15, 0.2) is 22.8 Å². The quantitative estimate of drug-likeness (QED) is 0.803. The molecule has 1 saturated heterocycles. The van der Waals surface area contributed by atoms with Crippen LogP contribution in [0, 0.1) is 5.92 Å². The number of aryl methyl sites for hydroxylation is 1. The van der Waals surface area contributed by atoms with Crippen LogP contribution in [-0.2, 0) is 11.2 Å². The third-order valence-electron chi connectivity index (χ3n) is 3.18. The van der Waals surface area contributed by atoms with E-state index in [1.54, 1.807) is 6.26 Å². The first kappa shape index (κ1) is 11.7. The highest BCUT2D eigenvalue weighted by Crippen LogP contribution is 2.11. The second-order valence-corrected chi connectivity index (χ2v) is 4.66. The van der Waals surface area contributed by atoms with Crippen molar-refractivity contribution in [2.24, 2.45) is 5.92 Å². The number of ether oxygens (including phenoxy) is 1. The summed E-state index contributed by atoms with van der Waals surface area (Å²) in [4.78, 5) is 0. The molecule has 3 nitrogen and oxygen atoms in total. The lowest BCUT2D eigenvalue weighted by molar-refractivity contribution is 0.184. The Balaban J connectivity index is 1.58. The van der Waals surface area contributed by atoms with Crippen molar-refractivity contribution in [3.8, 4) is 0 Å². The maximum Gasteiger partial charge on any atom is 0.103 e. The summed E-state index contributed by atoms with van der Waals surface area (Å²) >= 11 is 0. The summed E-state index contributed by atoms with van der Waals surface area (Å²) in [5, 5.41) is 3.57. The minimum atomic E-state index is 0.547. The van der Waals surface area contributed by atoms with Crippen LogP contribution in [0.4, 0.5) is 0 Å². The molecule has 0 amide bonds. The van der Waals surface area contributed by atoms with Gasteiger partial charge in [-0.3, -0.25) is 0 Å². The average molecular weight is 223 g/mol. The van der Waals surface area contributed by atoms with Gasteiger partial charge >= 0.3 is 0 Å². The van der Waals surface area contributed by atoms with Crippen molar-refractivity contribution in [3.05, 3.63) is 24.2 Å². The molecule has 0 radical (unpaired) electrons. The predicted molar refractivity (Wildman–Crippen MR) is 63.4 cm³/mol. The van der Waals surface area contributed by atoms with E-state index in [0.717, 1.165) is 38.4 Å². The Morgan fingerprint density at radius 2 is 2.50 bits per heavy atom. The van der Waals surface area contributed by atoms with Crippen molar-refractivity contribution < 1.29 is 9.15 Å². The van der Waals surface area contributed by atoms with Crippen LogP contribution in [0.5, 0.6) is 0 Å². The van der Waals surface area contributed by atoms with Gasteiger partial charge in [-0.25, -0.2) is 0 Å². The van der Waals surface area contributed by atoms with Crippen LogP contribution >= 0.6 is 0 Å². The summed E-state index contributed by atoms with van der Waals surface area (Å²) in [5.74, 6) is 1.80. The van der Waals surface area contributed by atoms with Gasteiger partial charge in [-0.1, -0.05) is 0 Å². The van der Waals surface area contributed by atoms with Gasteiger partial charge in [-0.2, -0.15) is 0 Å². The van der Waals surface area contributed by atoms with Crippen LogP contribution < -0.4 is 5.32 Å². The molecule has 0 bridgehead atoms. The van der Waals surface area contributed by atoms with Gasteiger partial charge in [0, 0.05) is 25.6 Å². The Kier molecular flexibility index (Phi) is 4.43. The smallest absolute Gasteiger partial charge is 0.103 e. The monoisotopic (exact) mass is 223 g/mol. The first-order valence-corrected chi connectivity index (χ1v) is 6.18. The zero-order chi connectivity index (χ0) is 11.2. The molecule has 0 aliphatic carbocycles. The topological polar surface area (TPSA) is 34.4 Å². The van der Waals surface area contributed by atoms with Gasteiger partial charge in [0.15, 0.2) is 0 Å². The maximum atomic E-state index is 5.35. The second-order valence-electron chi connectivity index (χ2n) is 4.66. The van der Waals surface area contributed by atoms with Gasteiger partial charge in [-0.05, 0) is 37.8 Å². The van der Waals surface area contributed by atoms with Crippen molar-refractivity contribution in [2.75, 3.05) is 19.8 Å². The lowest BCUT2D eigenvalue weighted by Gasteiger charge is -2.15. The first-order chi connectivity index (χ1) is 7.84. The average Bonchev–Trinajstić information content (AvgIpc) is 2.96. The molecule has 0 aromatic carbocycles. The van der Waals surface area contributed by atoms with Gasteiger partial charge in [0.2, 0.25) is 0 Å². The van der Waals surface area contributed by atoms with E-state index >= 15 is 0 Å². The number of nitrogens with one attached hydrogen (secondary N) is 1. The van der Waals surface area contributed by atoms with E-state index in [1.165, 1.54) is 6.42 Å². The first-order valence-electron chi connectivity index (χ1n) is 6.18. The molecule has 1 fully saturated rings. The normalized spacial score (nSPS) is 22.4. The fraction of sp³-hybridized carbons (Fsp3) is 0.692. The van der Waals surface area contributed by atoms with Crippen molar-refractivity contribution >= 4 is 0 Å². The van der Waals surface area contributed by atoms with E-state index in [2.05, 4.69) is 12.2 Å². The lowest BCUT2D eigenvalue weighted by atomic mass is 10.1. The molecular weight excluding hydrogens is 202 g/mol. The summed E-state index contributed by atoms with van der Waals surface area (Å²) in [6.07, 6.45) is 5.09. The highest BCUT2D eigenvalue weighted by molar-refractivity contribution is 4.98. The van der Waals surface area contributed by atoms with E-state index in [4.69, 9.17) is 9.15 Å². The van der Waals surface area contributed by atoms with E-state index in [9.17, 15) is 0 Å². The van der Waals surface area contributed by atoms with E-state index in [0.29, 0.717) is 12.0 Å². The van der Waals surface area contributed by atoms with Crippen LogP contribution in [0.25, 0.3) is 0 Å². The van der Waals surface area contributed by atoms with Crippen molar-refractivity contribution in [1.29, 1.82) is 0 Å². The zero-order valence-electron chi connectivity index (χ0n) is 9.95. The molecule has 1 N–H and O–H groups in total. The van der Waals surface area contributed by atoms with Crippen molar-refractivity contribution in [3.63, 3.8) is 0 Å². The Morgan fingerprint density at radius 1 is 1.56 bits per heavy atom. The predicted octanol–water partition coefficient (Wildman–Crippen LogP) is 2.23. The Labute approximate surface area is 97.2 Å². The molecule has 2 atom stereocenters. The van der Waals surface area contributed by atoms with Gasteiger partial charge in [-0.15, -0.1) is 0 Å². The Morgan fingerprint density at radius 3 is 3.19 bits per heavy atom. The molecule has 1 aliphatic rings. The van der Waals surface area contributed by atoms with Crippen LogP contribution in [0.3, 0.4) is 0 Å². The Bertz CT molecular complexity index is 278. The minimum Gasteiger partial charge on any atom is -0.469 e. The molecule has 90 valence electrons. The van der Waals surface area contributed by atoms with Crippen LogP contribution in [0.2, 0.25) is 0 Å². The standard InChI is InChI=1S/C13H21NO2/c1-11(4-5-13-3-2-7-16-13)14-9-12-6-8-15-10-12/h2-3,7,11-12,14H,4-6,8-10H2,1H3. The summed E-state index contributed by atoms with van der Waals surface area (Å²) in [5.41, 5.74) is 0. The van der Waals surface area contributed by atoms with Crippen LogP contribution in [-0.4, -0.2) is 25.8 Å². The fourth-order valence-corrected chi connectivity index (χ4v) is 2.03. The maximum absolute atomic E-state index is 5.35. The molecule has 3 heteroatoms. The molecule has 1 aromatic rings. The largest absolute Gasteiger partial charge is 0.469 e. The highest BCUT2D eigenvalue weighted by atomic mass is 16.5. The fourth-order valence-electron chi connectivity index (χ4n) is 2.03. The summed E-state index contributed by atoms with van der Waals surface area (Å²) in [6.45, 7) is 5.18. The SMILES string of the molecule is CC(CCc1ccco1)NCC1CCOC1. The third-order valence-corrected chi connectivity index (χ3v) is 3.18. The van der Waals surface area contributed by atoms with Gasteiger partial charge < -0.3 is 14.5 Å². The number of furan rings is 1. The molecule has 0 spiro atoms. The molecular formula is C13H21NO2. The summed E-state index contributed by atoms with van der Waals surface area (Å²) in [6, 6.07) is 4.53. The van der Waals surface area contributed by atoms with E-state index < -0.39 is 0 Å². The minimum absolute atomic E-state index is 0.547. The van der Waals surface area contributed by atoms with Crippen molar-refractivity contribution in [1.82, 2.24) is 5.32 Å². The summed E-state index contributed by atoms with van der Waals surface area (Å²) < 4.78 is 10.7. The van der Waals surface area contributed by atoms with Gasteiger partial charge in [0.25, 0.3) is 0 Å². The van der Waals surface area contributed by atoms with E-state index in [-0.39, 0.29) is 0 Å². The number of hydrogen-bond donors (Lipinski definition) is 1. The van der Waals surface area contributed by atoms with Gasteiger partial charge in [0.05, 0.1) is 12.9 Å². The Hall–Kier alpha value is -0.800. The van der Waals surface area contributed by atoms with E-state index in [1.807, 2.05) is 12.1 Å².